The quantitative estimate of drug-likeness (QED) is 0.671. The molecule has 0 unspecified atom stereocenters. The summed E-state index contributed by atoms with van der Waals surface area (Å²) in [6.07, 6.45) is 1.78. The molecule has 0 fully saturated rings. The Morgan fingerprint density at radius 3 is 3.00 bits per heavy atom. The smallest absolute Gasteiger partial charge is 0.339 e. The van der Waals surface area contributed by atoms with Crippen molar-refractivity contribution in [1.29, 1.82) is 0 Å². The van der Waals surface area contributed by atoms with Crippen LogP contribution in [0.15, 0.2) is 23.7 Å². The summed E-state index contributed by atoms with van der Waals surface area (Å²) in [5.74, 6) is -0.395. The number of carbonyl (C=O) groups is 1. The van der Waals surface area contributed by atoms with Crippen LogP contribution < -0.4 is 10.6 Å². The highest BCUT2D eigenvalue weighted by molar-refractivity contribution is 7.13. The molecule has 1 aliphatic rings. The van der Waals surface area contributed by atoms with Gasteiger partial charge in [-0.3, -0.25) is 0 Å². The summed E-state index contributed by atoms with van der Waals surface area (Å²) in [6, 6.07) is 3.66. The zero-order valence-corrected chi connectivity index (χ0v) is 11.2. The van der Waals surface area contributed by atoms with E-state index < -0.39 is 5.97 Å². The minimum absolute atomic E-state index is 0.395. The highest BCUT2D eigenvalue weighted by Gasteiger charge is 2.25. The van der Waals surface area contributed by atoms with Crippen molar-refractivity contribution in [2.24, 2.45) is 0 Å². The molecule has 0 radical (unpaired) electrons. The third-order valence-corrected chi connectivity index (χ3v) is 4.09. The zero-order valence-electron chi connectivity index (χ0n) is 10.4. The number of carbonyl (C=O) groups excluding carboxylic acids is 1. The molecule has 0 amide bonds. The van der Waals surface area contributed by atoms with E-state index in [1.54, 1.807) is 23.6 Å². The second-order valence-electron chi connectivity index (χ2n) is 4.33. The first-order chi connectivity index (χ1) is 9.20. The lowest BCUT2D eigenvalue weighted by molar-refractivity contribution is 0.0602. The number of nitrogen functional groups attached to an aromatic ring is 1. The number of benzene rings is 1. The fraction of sp³-hybridized carbons (Fsp3) is 0.231. The van der Waals surface area contributed by atoms with Crippen molar-refractivity contribution in [3.05, 3.63) is 40.4 Å². The Labute approximate surface area is 114 Å². The van der Waals surface area contributed by atoms with Crippen LogP contribution >= 0.6 is 11.3 Å². The molecule has 2 heterocycles. The van der Waals surface area contributed by atoms with Gasteiger partial charge in [-0.1, -0.05) is 6.07 Å². The topological polar surface area (TPSA) is 68.5 Å². The number of anilines is 2. The summed E-state index contributed by atoms with van der Waals surface area (Å²) in [6.45, 7) is 1.45. The van der Waals surface area contributed by atoms with Crippen molar-refractivity contribution in [1.82, 2.24) is 4.98 Å². The summed E-state index contributed by atoms with van der Waals surface area (Å²) in [5.41, 5.74) is 9.17. The lowest BCUT2D eigenvalue weighted by Crippen LogP contribution is -2.14. The number of ether oxygens (including phenoxy) is 1. The summed E-state index contributed by atoms with van der Waals surface area (Å²) in [5, 5.41) is 2.91. The minimum Gasteiger partial charge on any atom is -0.465 e. The number of rotatable bonds is 2. The fourth-order valence-electron chi connectivity index (χ4n) is 2.29. The van der Waals surface area contributed by atoms with E-state index >= 15 is 0 Å². The molecule has 2 aromatic rings. The Morgan fingerprint density at radius 2 is 2.32 bits per heavy atom. The van der Waals surface area contributed by atoms with Gasteiger partial charge in [0, 0.05) is 30.2 Å². The summed E-state index contributed by atoms with van der Waals surface area (Å²) < 4.78 is 4.73. The molecular weight excluding hydrogens is 262 g/mol. The molecule has 1 aliphatic heterocycles. The van der Waals surface area contributed by atoms with Crippen LogP contribution in [0.5, 0.6) is 0 Å². The molecular formula is C13H13N3O2S. The number of esters is 1. The lowest BCUT2D eigenvalue weighted by atomic mass is 10.0. The van der Waals surface area contributed by atoms with Gasteiger partial charge >= 0.3 is 5.97 Å². The largest absolute Gasteiger partial charge is 0.465 e. The molecule has 0 spiro atoms. The Kier molecular flexibility index (Phi) is 2.87. The van der Waals surface area contributed by atoms with Gasteiger partial charge in [-0.05, 0) is 11.6 Å². The molecule has 5 nitrogen and oxygen atoms in total. The van der Waals surface area contributed by atoms with E-state index in [9.17, 15) is 4.79 Å². The van der Waals surface area contributed by atoms with E-state index in [-0.39, 0.29) is 0 Å². The summed E-state index contributed by atoms with van der Waals surface area (Å²) in [7, 11) is 1.36. The number of hydrogen-bond acceptors (Lipinski definition) is 6. The fourth-order valence-corrected chi connectivity index (χ4v) is 2.94. The van der Waals surface area contributed by atoms with Gasteiger partial charge in [0.05, 0.1) is 18.4 Å². The second kappa shape index (κ2) is 4.55. The Morgan fingerprint density at radius 1 is 1.47 bits per heavy atom. The van der Waals surface area contributed by atoms with Crippen molar-refractivity contribution >= 4 is 28.1 Å². The van der Waals surface area contributed by atoms with Gasteiger partial charge in [0.1, 0.15) is 0 Å². The first kappa shape index (κ1) is 12.0. The van der Waals surface area contributed by atoms with Gasteiger partial charge in [0.2, 0.25) is 0 Å². The van der Waals surface area contributed by atoms with E-state index in [1.165, 1.54) is 7.11 Å². The molecule has 6 heteroatoms. The third-order valence-electron chi connectivity index (χ3n) is 3.26. The molecule has 0 saturated carbocycles. The normalized spacial score (nSPS) is 13.4. The van der Waals surface area contributed by atoms with E-state index in [4.69, 9.17) is 10.5 Å². The van der Waals surface area contributed by atoms with E-state index in [0.29, 0.717) is 17.8 Å². The number of fused-ring (bicyclic) bond motifs is 1. The molecule has 0 bridgehead atoms. The van der Waals surface area contributed by atoms with Crippen LogP contribution in [0.2, 0.25) is 0 Å². The van der Waals surface area contributed by atoms with E-state index in [0.717, 1.165) is 22.8 Å². The molecule has 0 atom stereocenters. The number of thiazole rings is 1. The van der Waals surface area contributed by atoms with Gasteiger partial charge < -0.3 is 15.4 Å². The van der Waals surface area contributed by atoms with Crippen molar-refractivity contribution in [3.8, 4) is 0 Å². The lowest BCUT2D eigenvalue weighted by Gasteiger charge is -2.12. The molecule has 98 valence electrons. The van der Waals surface area contributed by atoms with Gasteiger partial charge in [0.15, 0.2) is 5.13 Å². The van der Waals surface area contributed by atoms with E-state index in [2.05, 4.69) is 9.88 Å². The molecule has 0 saturated heterocycles. The summed E-state index contributed by atoms with van der Waals surface area (Å²) >= 11 is 1.59. The maximum absolute atomic E-state index is 11.6. The predicted octanol–water partition coefficient (Wildman–Crippen LogP) is 2.03. The van der Waals surface area contributed by atoms with Crippen LogP contribution in [0.1, 0.15) is 21.5 Å². The highest BCUT2D eigenvalue weighted by atomic mass is 32.1. The Hall–Kier alpha value is -2.08. The number of methoxy groups -OCH3 is 1. The zero-order chi connectivity index (χ0) is 13.4. The van der Waals surface area contributed by atoms with E-state index in [1.807, 2.05) is 11.4 Å². The minimum atomic E-state index is -0.395. The van der Waals surface area contributed by atoms with Crippen LogP contribution in [0.25, 0.3) is 0 Å². The maximum atomic E-state index is 11.6. The average molecular weight is 275 g/mol. The van der Waals surface area contributed by atoms with Gasteiger partial charge in [-0.25, -0.2) is 9.78 Å². The molecule has 3 rings (SSSR count). The molecule has 1 aromatic carbocycles. The second-order valence-corrected chi connectivity index (χ2v) is 5.20. The molecule has 1 aromatic heterocycles. The monoisotopic (exact) mass is 275 g/mol. The SMILES string of the molecule is COC(=O)c1ccc2c(c1N)CN(c1nccs1)C2. The molecule has 19 heavy (non-hydrogen) atoms. The Balaban J connectivity index is 1.96. The van der Waals surface area contributed by atoms with Crippen LogP contribution in [0, 0.1) is 0 Å². The number of nitrogens with two attached hydrogens (primary N) is 1. The predicted molar refractivity (Wildman–Crippen MR) is 74.2 cm³/mol. The number of nitrogens with zero attached hydrogens (tertiary/aromatic N) is 2. The molecule has 0 aliphatic carbocycles. The van der Waals surface area contributed by atoms with Crippen LogP contribution in [-0.4, -0.2) is 18.1 Å². The highest BCUT2D eigenvalue weighted by Crippen LogP contribution is 2.34. The van der Waals surface area contributed by atoms with Crippen molar-refractivity contribution in [2.75, 3.05) is 17.7 Å². The standard InChI is InChI=1S/C13H13N3O2S/c1-18-12(17)9-3-2-8-6-16(7-10(8)11(9)14)13-15-4-5-19-13/h2-5H,6-7,14H2,1H3. The average Bonchev–Trinajstić information content (AvgIpc) is 3.07. The first-order valence-electron chi connectivity index (χ1n) is 5.83. The van der Waals surface area contributed by atoms with Gasteiger partial charge in [-0.2, -0.15) is 0 Å². The Bertz CT molecular complexity index is 625. The van der Waals surface area contributed by atoms with Crippen molar-refractivity contribution < 1.29 is 9.53 Å². The summed E-state index contributed by atoms with van der Waals surface area (Å²) in [4.78, 5) is 18.1. The van der Waals surface area contributed by atoms with Crippen LogP contribution in [0.3, 0.4) is 0 Å². The van der Waals surface area contributed by atoms with Gasteiger partial charge in [-0.15, -0.1) is 11.3 Å². The van der Waals surface area contributed by atoms with Crippen molar-refractivity contribution in [3.63, 3.8) is 0 Å². The third kappa shape index (κ3) is 1.94. The maximum Gasteiger partial charge on any atom is 0.339 e. The number of hydrogen-bond donors (Lipinski definition) is 1. The number of aromatic nitrogens is 1. The molecule has 2 N–H and O–H groups in total. The van der Waals surface area contributed by atoms with Crippen molar-refractivity contribution in [2.45, 2.75) is 13.1 Å². The van der Waals surface area contributed by atoms with Gasteiger partial charge in [0.25, 0.3) is 0 Å². The van der Waals surface area contributed by atoms with Crippen LogP contribution in [0.4, 0.5) is 10.8 Å². The van der Waals surface area contributed by atoms with Crippen LogP contribution in [-0.2, 0) is 17.8 Å². The first-order valence-corrected chi connectivity index (χ1v) is 6.71.